The molecule has 0 unspecified atom stereocenters. The molecule has 8 bridgehead atoms. The number of carboxylic acid groups (broad SMARTS) is 2. The topological polar surface area (TPSA) is 250 Å². The molecule has 5 heterocycles. The predicted octanol–water partition coefficient (Wildman–Crippen LogP) is -0.244. The van der Waals surface area contributed by atoms with E-state index in [9.17, 15) is 39.6 Å². The quantitative estimate of drug-likeness (QED) is 0.0818. The number of aliphatic hydroxyl groups is 2. The summed E-state index contributed by atoms with van der Waals surface area (Å²) in [6, 6.07) is -2.68. The number of aromatic amines is 4. The molecule has 11 N–H and O–H groups in total. The van der Waals surface area contributed by atoms with E-state index >= 15 is 0 Å². The molecule has 0 aromatic carbocycles. The minimum absolute atomic E-state index is 0.0975. The second-order valence-corrected chi connectivity index (χ2v) is 13.8. The normalized spacial score (nSPS) is 13.5. The fourth-order valence-corrected chi connectivity index (χ4v) is 7.47. The Bertz CT molecular complexity index is 2390. The van der Waals surface area contributed by atoms with Gasteiger partial charge in [0.05, 0.1) is 29.8 Å². The first kappa shape index (κ1) is 39.8. The highest BCUT2D eigenvalue weighted by atomic mass is 16.4. The van der Waals surface area contributed by atoms with Crippen LogP contribution in [0.3, 0.4) is 0 Å². The fourth-order valence-electron chi connectivity index (χ4n) is 7.47. The van der Waals surface area contributed by atoms with E-state index in [2.05, 4.69) is 25.3 Å². The van der Waals surface area contributed by atoms with Crippen molar-refractivity contribution in [3.8, 4) is 0 Å². The zero-order chi connectivity index (χ0) is 39.6. The Kier molecular flexibility index (Phi) is 12.0. The molecule has 288 valence electrons. The van der Waals surface area contributed by atoms with Crippen molar-refractivity contribution in [1.29, 1.82) is 0 Å². The molecule has 0 spiro atoms. The maximum absolute atomic E-state index is 14.7. The van der Waals surface area contributed by atoms with E-state index < -0.39 is 48.9 Å². The molecule has 2 atom stereocenters. The van der Waals surface area contributed by atoms with Crippen LogP contribution < -0.4 is 32.4 Å². The van der Waals surface area contributed by atoms with Crippen molar-refractivity contribution in [3.63, 3.8) is 0 Å². The number of carbonyl (C=O) groups excluding carboxylic acids is 2. The Labute approximate surface area is 311 Å². The maximum atomic E-state index is 14.7. The van der Waals surface area contributed by atoms with Gasteiger partial charge in [0.25, 0.3) is 0 Å². The van der Waals surface area contributed by atoms with Gasteiger partial charge in [-0.15, -0.1) is 0 Å². The third-order valence-electron chi connectivity index (χ3n) is 10.6. The number of aliphatic hydroxyl groups excluding tert-OH is 2. The number of aliphatic carboxylic acids is 2. The van der Waals surface area contributed by atoms with E-state index in [0.29, 0.717) is 51.7 Å². The van der Waals surface area contributed by atoms with Crippen LogP contribution in [0.1, 0.15) is 94.0 Å². The molecule has 4 aromatic heterocycles. The van der Waals surface area contributed by atoms with Gasteiger partial charge in [-0.05, 0) is 116 Å². The summed E-state index contributed by atoms with van der Waals surface area (Å²) in [6.45, 7) is 10.3. The summed E-state index contributed by atoms with van der Waals surface area (Å²) in [4.78, 5) is 65.0. The van der Waals surface area contributed by atoms with E-state index in [1.54, 1.807) is 0 Å². The predicted molar refractivity (Wildman–Crippen MR) is 204 cm³/mol. The molecular weight excluding hydrogens is 692 g/mol. The lowest BCUT2D eigenvalue weighted by Crippen LogP contribution is -2.52. The Morgan fingerprint density at radius 3 is 1.81 bits per heavy atom. The second-order valence-electron chi connectivity index (χ2n) is 13.8. The first-order chi connectivity index (χ1) is 25.6. The summed E-state index contributed by atoms with van der Waals surface area (Å²) in [5.41, 5.74) is 15.3. The van der Waals surface area contributed by atoms with E-state index in [1.807, 2.05) is 59.8 Å². The molecular formula is C40H50N6O8. The minimum atomic E-state index is -1.39. The number of amides is 1. The summed E-state index contributed by atoms with van der Waals surface area (Å²) >= 11 is 0. The van der Waals surface area contributed by atoms with Gasteiger partial charge >= 0.3 is 11.9 Å². The summed E-state index contributed by atoms with van der Waals surface area (Å²) in [5, 5.41) is 44.3. The number of rotatable bonds is 14. The van der Waals surface area contributed by atoms with Crippen LogP contribution in [0.4, 0.5) is 0 Å². The highest BCUT2D eigenvalue weighted by Gasteiger charge is 2.31. The first-order valence-electron chi connectivity index (χ1n) is 18.2. The van der Waals surface area contributed by atoms with Crippen molar-refractivity contribution >= 4 is 47.4 Å². The third-order valence-corrected chi connectivity index (χ3v) is 10.6. The Morgan fingerprint density at radius 2 is 1.22 bits per heavy atom. The molecule has 0 aliphatic carbocycles. The largest absolute Gasteiger partial charge is 0.481 e. The van der Waals surface area contributed by atoms with Crippen molar-refractivity contribution in [3.05, 3.63) is 88.7 Å². The highest BCUT2D eigenvalue weighted by molar-refractivity contribution is 6.23. The highest BCUT2D eigenvalue weighted by Crippen LogP contribution is 2.27. The van der Waals surface area contributed by atoms with Crippen LogP contribution in [0.5, 0.6) is 0 Å². The van der Waals surface area contributed by atoms with Crippen molar-refractivity contribution in [2.45, 2.75) is 92.2 Å². The molecule has 0 radical (unpaired) electrons. The smallest absolute Gasteiger partial charge is 0.303 e. The number of nitrogens with two attached hydrogens (primary N) is 1. The van der Waals surface area contributed by atoms with E-state index in [1.165, 1.54) is 0 Å². The molecule has 1 aliphatic rings. The standard InChI is InChI=1S/C40H50N6O8/c1-7-22-21(6)37-36(39(53)33(17-48)46-40(54)26(41)16-47)38-23(8-2)18(3)29(44-38)13-27-19(4)24(9-11-34(49)50)31(42-27)15-32-25(10-12-35(51)52)20(5)28(43-32)14-30(22)45-37/h13-15,26,33,42-45,47-48H,7-12,16-17,41H2,1-6H3,(H,46,54)(H,49,50)(H,51,52)/t26-,33-/m0/s1. The van der Waals surface area contributed by atoms with E-state index in [0.717, 1.165) is 49.9 Å². The zero-order valence-electron chi connectivity index (χ0n) is 31.5. The number of fused-ring (bicyclic) bond motifs is 8. The van der Waals surface area contributed by atoms with Gasteiger partial charge in [-0.3, -0.25) is 19.2 Å². The van der Waals surface area contributed by atoms with Crippen LogP contribution >= 0.6 is 0 Å². The van der Waals surface area contributed by atoms with Crippen LogP contribution in [0, 0.1) is 27.7 Å². The van der Waals surface area contributed by atoms with E-state index in [4.69, 9.17) is 5.73 Å². The van der Waals surface area contributed by atoms with Gasteiger partial charge in [-0.2, -0.15) is 0 Å². The molecule has 1 aliphatic heterocycles. The van der Waals surface area contributed by atoms with E-state index in [-0.39, 0.29) is 31.3 Å². The van der Waals surface area contributed by atoms with Gasteiger partial charge in [0, 0.05) is 46.0 Å². The number of hydrogen-bond donors (Lipinski definition) is 10. The lowest BCUT2D eigenvalue weighted by Gasteiger charge is -2.19. The summed E-state index contributed by atoms with van der Waals surface area (Å²) < 4.78 is 0. The average Bonchev–Trinajstić information content (AvgIpc) is 3.81. The van der Waals surface area contributed by atoms with Crippen LogP contribution in [-0.4, -0.2) is 89.3 Å². The fraction of sp³-hybridized carbons (Fsp3) is 0.400. The number of nitrogens with one attached hydrogen (secondary N) is 5. The van der Waals surface area contributed by atoms with Gasteiger partial charge in [-0.25, -0.2) is 0 Å². The van der Waals surface area contributed by atoms with Crippen LogP contribution in [0.2, 0.25) is 0 Å². The first-order valence-corrected chi connectivity index (χ1v) is 18.2. The molecule has 5 rings (SSSR count). The minimum Gasteiger partial charge on any atom is -0.481 e. The van der Waals surface area contributed by atoms with Crippen molar-refractivity contribution in [1.82, 2.24) is 25.3 Å². The number of ketones is 1. The molecule has 1 amide bonds. The number of Topliss-reactive ketones (excluding diaryl/α,β-unsaturated/α-hetero) is 1. The maximum Gasteiger partial charge on any atom is 0.303 e. The van der Waals surface area contributed by atoms with Crippen LogP contribution in [0.25, 0.3) is 23.8 Å². The number of carboxylic acids is 2. The van der Waals surface area contributed by atoms with Gasteiger partial charge in [-0.1, -0.05) is 13.8 Å². The molecule has 0 saturated heterocycles. The van der Waals surface area contributed by atoms with Crippen LogP contribution in [-0.2, 0) is 44.9 Å². The second kappa shape index (κ2) is 16.3. The molecule has 14 nitrogen and oxygen atoms in total. The van der Waals surface area contributed by atoms with Gasteiger partial charge in [0.15, 0.2) is 5.78 Å². The SMILES string of the molecule is CCc1c2[nH]c(c1C)C(C(=O)[C@H](CO)NC(=O)[C@@H](N)CO)=c1[nH]c(c(C)c1CC)=Cc1[nH]c(c(CCC(=O)O)c1C)C=c1[nH]c(c(C)c1CCC(=O)O)=C2. The Balaban J connectivity index is 1.96. The average molecular weight is 743 g/mol. The summed E-state index contributed by atoms with van der Waals surface area (Å²) in [6.07, 6.45) is 7.20. The van der Waals surface area contributed by atoms with Gasteiger partial charge in [0.2, 0.25) is 5.91 Å². The van der Waals surface area contributed by atoms with Crippen molar-refractivity contribution < 1.29 is 39.6 Å². The number of carbonyl (C=O) groups is 4. The molecule has 14 heteroatoms. The zero-order valence-corrected chi connectivity index (χ0v) is 31.5. The lowest BCUT2D eigenvalue weighted by atomic mass is 9.95. The molecule has 0 fully saturated rings. The molecule has 54 heavy (non-hydrogen) atoms. The monoisotopic (exact) mass is 742 g/mol. The molecule has 0 saturated carbocycles. The van der Waals surface area contributed by atoms with Gasteiger partial charge < -0.3 is 51.4 Å². The third kappa shape index (κ3) is 7.63. The van der Waals surface area contributed by atoms with Gasteiger partial charge in [0.1, 0.15) is 12.1 Å². The number of H-pyrrole nitrogens is 4. The Hall–Kier alpha value is -5.44. The van der Waals surface area contributed by atoms with Crippen molar-refractivity contribution in [2.75, 3.05) is 13.2 Å². The number of aromatic nitrogens is 4. The van der Waals surface area contributed by atoms with Crippen LogP contribution in [0.15, 0.2) is 0 Å². The Morgan fingerprint density at radius 1 is 0.667 bits per heavy atom. The van der Waals surface area contributed by atoms with Crippen molar-refractivity contribution in [2.24, 2.45) is 5.73 Å². The summed E-state index contributed by atoms with van der Waals surface area (Å²) in [7, 11) is 0. The number of hydrogen-bond acceptors (Lipinski definition) is 7. The lowest BCUT2D eigenvalue weighted by molar-refractivity contribution is -0.138. The molecule has 4 aromatic rings. The summed E-state index contributed by atoms with van der Waals surface area (Å²) in [5.74, 6) is -3.24.